The van der Waals surface area contributed by atoms with Crippen molar-refractivity contribution in [1.29, 1.82) is 0 Å². The minimum Gasteiger partial charge on any atom is -0.422 e. The van der Waals surface area contributed by atoms with E-state index in [0.717, 1.165) is 5.69 Å². The molecule has 0 saturated carbocycles. The Morgan fingerprint density at radius 2 is 1.64 bits per heavy atom. The number of amides is 1. The molecule has 5 nitrogen and oxygen atoms in total. The maximum Gasteiger partial charge on any atom is 0.349 e. The number of para-hydroxylation sites is 1. The zero-order chi connectivity index (χ0) is 17.2. The third-order valence-corrected chi connectivity index (χ3v) is 3.91. The molecule has 0 aliphatic carbocycles. The molecule has 0 aliphatic rings. The Bertz CT molecular complexity index is 1090. The number of carbonyl (C=O) groups excluding carboxylic acids is 1. The third-order valence-electron chi connectivity index (χ3n) is 3.91. The van der Waals surface area contributed by atoms with Gasteiger partial charge < -0.3 is 14.3 Å². The molecule has 0 unspecified atom stereocenters. The number of hydrogen-bond donors (Lipinski definition) is 1. The molecule has 0 aliphatic heterocycles. The second-order valence-corrected chi connectivity index (χ2v) is 5.58. The first-order valence-electron chi connectivity index (χ1n) is 7.78. The number of fused-ring (bicyclic) bond motifs is 1. The van der Waals surface area contributed by atoms with Gasteiger partial charge in [-0.25, -0.2) is 4.79 Å². The fourth-order valence-electron chi connectivity index (χ4n) is 2.64. The summed E-state index contributed by atoms with van der Waals surface area (Å²) in [5.41, 5.74) is 1.37. The van der Waals surface area contributed by atoms with Crippen LogP contribution in [0.3, 0.4) is 0 Å². The fourth-order valence-corrected chi connectivity index (χ4v) is 2.64. The fraction of sp³-hybridized carbons (Fsp3) is 0. The van der Waals surface area contributed by atoms with Crippen LogP contribution in [0, 0.1) is 0 Å². The predicted octanol–water partition coefficient (Wildman–Crippen LogP) is 3.84. The average Bonchev–Trinajstić information content (AvgIpc) is 3.16. The van der Waals surface area contributed by atoms with Gasteiger partial charge in [-0.2, -0.15) is 0 Å². The van der Waals surface area contributed by atoms with Gasteiger partial charge in [0, 0.05) is 29.2 Å². The van der Waals surface area contributed by atoms with Gasteiger partial charge in [0.2, 0.25) is 0 Å². The molecular formula is C20H14N2O3. The summed E-state index contributed by atoms with van der Waals surface area (Å²) in [7, 11) is 0. The van der Waals surface area contributed by atoms with Gasteiger partial charge in [-0.1, -0.05) is 18.2 Å². The van der Waals surface area contributed by atoms with Gasteiger partial charge in [0.05, 0.1) is 0 Å². The van der Waals surface area contributed by atoms with Gasteiger partial charge in [-0.15, -0.1) is 0 Å². The monoisotopic (exact) mass is 330 g/mol. The lowest BCUT2D eigenvalue weighted by atomic mass is 10.1. The van der Waals surface area contributed by atoms with E-state index in [9.17, 15) is 9.59 Å². The molecule has 4 rings (SSSR count). The molecule has 0 spiro atoms. The average molecular weight is 330 g/mol. The van der Waals surface area contributed by atoms with Crippen molar-refractivity contribution in [2.24, 2.45) is 0 Å². The Labute approximate surface area is 143 Å². The smallest absolute Gasteiger partial charge is 0.349 e. The summed E-state index contributed by atoms with van der Waals surface area (Å²) in [4.78, 5) is 24.5. The number of rotatable bonds is 3. The summed E-state index contributed by atoms with van der Waals surface area (Å²) in [6, 6.07) is 19.9. The van der Waals surface area contributed by atoms with E-state index in [1.165, 1.54) is 0 Å². The Balaban J connectivity index is 1.60. The summed E-state index contributed by atoms with van der Waals surface area (Å²) in [6.45, 7) is 0. The molecule has 1 N–H and O–H groups in total. The number of nitrogens with zero attached hydrogens (tertiary/aromatic N) is 1. The molecule has 0 saturated heterocycles. The quantitative estimate of drug-likeness (QED) is 0.581. The van der Waals surface area contributed by atoms with Crippen molar-refractivity contribution in [1.82, 2.24) is 4.57 Å². The maximum absolute atomic E-state index is 12.4. The number of nitrogens with one attached hydrogen (secondary N) is 1. The third kappa shape index (κ3) is 2.95. The van der Waals surface area contributed by atoms with Crippen molar-refractivity contribution in [2.45, 2.75) is 0 Å². The van der Waals surface area contributed by atoms with E-state index in [1.807, 2.05) is 47.3 Å². The highest BCUT2D eigenvalue weighted by atomic mass is 16.4. The van der Waals surface area contributed by atoms with E-state index >= 15 is 0 Å². The molecule has 0 bridgehead atoms. The SMILES string of the molecule is O=C(Nc1ccc(-n2cccc2)cc1)c1cc2ccccc2oc1=O. The van der Waals surface area contributed by atoms with Crippen LogP contribution in [0.25, 0.3) is 16.7 Å². The largest absolute Gasteiger partial charge is 0.422 e. The van der Waals surface area contributed by atoms with Gasteiger partial charge in [-0.3, -0.25) is 4.79 Å². The summed E-state index contributed by atoms with van der Waals surface area (Å²) in [5.74, 6) is -0.492. The van der Waals surface area contributed by atoms with Gasteiger partial charge in [0.25, 0.3) is 5.91 Å². The molecule has 2 aromatic carbocycles. The Hall–Kier alpha value is -3.60. The van der Waals surface area contributed by atoms with Crippen molar-refractivity contribution < 1.29 is 9.21 Å². The standard InChI is InChI=1S/C20H14N2O3/c23-19(17-13-14-5-1-2-6-18(14)25-20(17)24)21-15-7-9-16(10-8-15)22-11-3-4-12-22/h1-13H,(H,21,23). The van der Waals surface area contributed by atoms with E-state index in [0.29, 0.717) is 16.7 Å². The van der Waals surface area contributed by atoms with Crippen molar-refractivity contribution >= 4 is 22.6 Å². The van der Waals surface area contributed by atoms with Crippen molar-refractivity contribution in [3.05, 3.63) is 95.1 Å². The van der Waals surface area contributed by atoms with E-state index in [-0.39, 0.29) is 5.56 Å². The minimum atomic E-state index is -0.653. The van der Waals surface area contributed by atoms with Gasteiger partial charge in [0.15, 0.2) is 0 Å². The first-order valence-corrected chi connectivity index (χ1v) is 7.78. The topological polar surface area (TPSA) is 64.2 Å². The Morgan fingerprint density at radius 1 is 0.920 bits per heavy atom. The lowest BCUT2D eigenvalue weighted by molar-refractivity contribution is 0.102. The molecule has 2 heterocycles. The number of hydrogen-bond acceptors (Lipinski definition) is 3. The van der Waals surface area contributed by atoms with Gasteiger partial charge in [0.1, 0.15) is 11.1 Å². The van der Waals surface area contributed by atoms with Crippen LogP contribution in [0.5, 0.6) is 0 Å². The molecule has 0 atom stereocenters. The molecule has 0 fully saturated rings. The van der Waals surface area contributed by atoms with Gasteiger partial charge >= 0.3 is 5.63 Å². The molecule has 25 heavy (non-hydrogen) atoms. The van der Waals surface area contributed by atoms with Crippen LogP contribution in [0.15, 0.2) is 88.3 Å². The molecule has 2 aromatic heterocycles. The number of anilines is 1. The maximum atomic E-state index is 12.4. The summed E-state index contributed by atoms with van der Waals surface area (Å²) >= 11 is 0. The second kappa shape index (κ2) is 6.13. The molecule has 4 aromatic rings. The summed E-state index contributed by atoms with van der Waals surface area (Å²) in [6.07, 6.45) is 3.88. The Morgan fingerprint density at radius 3 is 2.40 bits per heavy atom. The minimum absolute atomic E-state index is 0.0202. The van der Waals surface area contributed by atoms with Crippen molar-refractivity contribution in [3.8, 4) is 5.69 Å². The van der Waals surface area contributed by atoms with Crippen LogP contribution in [-0.4, -0.2) is 10.5 Å². The molecule has 1 amide bonds. The Kier molecular flexibility index (Phi) is 3.67. The highest BCUT2D eigenvalue weighted by molar-refractivity contribution is 6.05. The summed E-state index contributed by atoms with van der Waals surface area (Å²) < 4.78 is 7.16. The van der Waals surface area contributed by atoms with Gasteiger partial charge in [-0.05, 0) is 48.5 Å². The van der Waals surface area contributed by atoms with Crippen molar-refractivity contribution in [3.63, 3.8) is 0 Å². The van der Waals surface area contributed by atoms with Crippen LogP contribution in [0.2, 0.25) is 0 Å². The molecule has 0 radical (unpaired) electrons. The number of carbonyl (C=O) groups is 1. The van der Waals surface area contributed by atoms with E-state index in [4.69, 9.17) is 4.42 Å². The van der Waals surface area contributed by atoms with Crippen LogP contribution in [0.1, 0.15) is 10.4 Å². The van der Waals surface area contributed by atoms with Crippen LogP contribution < -0.4 is 10.9 Å². The zero-order valence-electron chi connectivity index (χ0n) is 13.2. The summed E-state index contributed by atoms with van der Waals surface area (Å²) in [5, 5.41) is 3.43. The lowest BCUT2D eigenvalue weighted by Gasteiger charge is -2.07. The number of benzene rings is 2. The molecule has 122 valence electrons. The van der Waals surface area contributed by atoms with E-state index < -0.39 is 11.5 Å². The molecular weight excluding hydrogens is 316 g/mol. The zero-order valence-corrected chi connectivity index (χ0v) is 13.2. The van der Waals surface area contributed by atoms with Crippen LogP contribution >= 0.6 is 0 Å². The normalized spacial score (nSPS) is 10.7. The number of aromatic nitrogens is 1. The van der Waals surface area contributed by atoms with Crippen LogP contribution in [0.4, 0.5) is 5.69 Å². The highest BCUT2D eigenvalue weighted by Gasteiger charge is 2.13. The first-order chi connectivity index (χ1) is 12.2. The first kappa shape index (κ1) is 15.0. The van der Waals surface area contributed by atoms with E-state index in [2.05, 4.69) is 5.32 Å². The predicted molar refractivity (Wildman–Crippen MR) is 96.2 cm³/mol. The van der Waals surface area contributed by atoms with Crippen molar-refractivity contribution in [2.75, 3.05) is 5.32 Å². The van der Waals surface area contributed by atoms with Crippen LogP contribution in [-0.2, 0) is 0 Å². The highest BCUT2D eigenvalue weighted by Crippen LogP contribution is 2.16. The van der Waals surface area contributed by atoms with E-state index in [1.54, 1.807) is 36.4 Å². The lowest BCUT2D eigenvalue weighted by Crippen LogP contribution is -2.20. The molecule has 5 heteroatoms. The second-order valence-electron chi connectivity index (χ2n) is 5.58.